The standard InChI is InChI=1S/C14H16O3/c15-6-5-10-7-12(11-3-1-2-4-11)9-13(8-10)14(16)17/h6-9,11H,1-5H2,(H,16,17). The van der Waals surface area contributed by atoms with Crippen LogP contribution in [-0.4, -0.2) is 17.4 Å². The third-order valence-corrected chi connectivity index (χ3v) is 3.41. The summed E-state index contributed by atoms with van der Waals surface area (Å²) in [6, 6.07) is 5.33. The van der Waals surface area contributed by atoms with Crippen molar-refractivity contribution < 1.29 is 14.7 Å². The first-order chi connectivity index (χ1) is 8.20. The zero-order valence-electron chi connectivity index (χ0n) is 9.69. The molecule has 0 amide bonds. The number of carboxylic acids is 1. The number of hydrogen-bond donors (Lipinski definition) is 1. The topological polar surface area (TPSA) is 54.4 Å². The van der Waals surface area contributed by atoms with Gasteiger partial charge in [0.25, 0.3) is 0 Å². The predicted molar refractivity (Wildman–Crippen MR) is 64.4 cm³/mol. The average Bonchev–Trinajstić information content (AvgIpc) is 2.82. The van der Waals surface area contributed by atoms with Crippen molar-refractivity contribution in [3.05, 3.63) is 34.9 Å². The molecule has 0 unspecified atom stereocenters. The van der Waals surface area contributed by atoms with Crippen LogP contribution in [0.5, 0.6) is 0 Å². The normalized spacial score (nSPS) is 16.0. The monoisotopic (exact) mass is 232 g/mol. The maximum atomic E-state index is 11.0. The molecule has 90 valence electrons. The number of carbonyl (C=O) groups excluding carboxylic acids is 1. The maximum Gasteiger partial charge on any atom is 0.335 e. The van der Waals surface area contributed by atoms with Gasteiger partial charge in [-0.25, -0.2) is 4.79 Å². The first kappa shape index (κ1) is 11.8. The van der Waals surface area contributed by atoms with Gasteiger partial charge in [-0.3, -0.25) is 0 Å². The van der Waals surface area contributed by atoms with E-state index in [2.05, 4.69) is 0 Å². The van der Waals surface area contributed by atoms with Gasteiger partial charge in [0.05, 0.1) is 5.56 Å². The van der Waals surface area contributed by atoms with Gasteiger partial charge in [-0.2, -0.15) is 0 Å². The summed E-state index contributed by atoms with van der Waals surface area (Å²) < 4.78 is 0. The van der Waals surface area contributed by atoms with E-state index in [9.17, 15) is 9.59 Å². The summed E-state index contributed by atoms with van der Waals surface area (Å²) >= 11 is 0. The molecule has 2 rings (SSSR count). The summed E-state index contributed by atoms with van der Waals surface area (Å²) in [7, 11) is 0. The van der Waals surface area contributed by atoms with E-state index in [4.69, 9.17) is 5.11 Å². The molecule has 0 bridgehead atoms. The van der Waals surface area contributed by atoms with E-state index in [1.165, 1.54) is 12.8 Å². The molecule has 1 saturated carbocycles. The van der Waals surface area contributed by atoms with Gasteiger partial charge in [0.2, 0.25) is 0 Å². The number of carboxylic acid groups (broad SMARTS) is 1. The van der Waals surface area contributed by atoms with E-state index in [1.54, 1.807) is 12.1 Å². The number of aldehydes is 1. The van der Waals surface area contributed by atoms with Crippen LogP contribution in [0.2, 0.25) is 0 Å². The van der Waals surface area contributed by atoms with Crippen molar-refractivity contribution in [2.45, 2.75) is 38.0 Å². The molecule has 17 heavy (non-hydrogen) atoms. The van der Waals surface area contributed by atoms with Crippen LogP contribution >= 0.6 is 0 Å². The molecule has 0 aromatic heterocycles. The quantitative estimate of drug-likeness (QED) is 0.812. The van der Waals surface area contributed by atoms with Crippen molar-refractivity contribution in [2.24, 2.45) is 0 Å². The Hall–Kier alpha value is -1.64. The molecule has 3 heteroatoms. The summed E-state index contributed by atoms with van der Waals surface area (Å²) in [6.45, 7) is 0. The molecular formula is C14H16O3. The lowest BCUT2D eigenvalue weighted by Crippen LogP contribution is -2.02. The summed E-state index contributed by atoms with van der Waals surface area (Å²) in [5.74, 6) is -0.448. The van der Waals surface area contributed by atoms with Crippen molar-refractivity contribution in [1.29, 1.82) is 0 Å². The van der Waals surface area contributed by atoms with Gasteiger partial charge in [0, 0.05) is 6.42 Å². The van der Waals surface area contributed by atoms with E-state index < -0.39 is 5.97 Å². The van der Waals surface area contributed by atoms with Crippen LogP contribution in [0.1, 0.15) is 53.1 Å². The lowest BCUT2D eigenvalue weighted by Gasteiger charge is -2.12. The van der Waals surface area contributed by atoms with Gasteiger partial charge in [-0.1, -0.05) is 18.9 Å². The fourth-order valence-corrected chi connectivity index (χ4v) is 2.55. The highest BCUT2D eigenvalue weighted by atomic mass is 16.4. The molecular weight excluding hydrogens is 216 g/mol. The van der Waals surface area contributed by atoms with Crippen molar-refractivity contribution in [3.8, 4) is 0 Å². The van der Waals surface area contributed by atoms with Crippen LogP contribution in [0.15, 0.2) is 18.2 Å². The summed E-state index contributed by atoms with van der Waals surface area (Å²) in [5, 5.41) is 9.06. The van der Waals surface area contributed by atoms with Gasteiger partial charge in [0.15, 0.2) is 0 Å². The van der Waals surface area contributed by atoms with Crippen LogP contribution in [0.3, 0.4) is 0 Å². The third-order valence-electron chi connectivity index (χ3n) is 3.41. The van der Waals surface area contributed by atoms with Crippen LogP contribution in [0.4, 0.5) is 0 Å². The minimum atomic E-state index is -0.919. The Morgan fingerprint density at radius 3 is 2.59 bits per heavy atom. The molecule has 0 spiro atoms. The lowest BCUT2D eigenvalue weighted by atomic mass is 9.93. The van der Waals surface area contributed by atoms with Crippen molar-refractivity contribution in [3.63, 3.8) is 0 Å². The van der Waals surface area contributed by atoms with Crippen molar-refractivity contribution >= 4 is 12.3 Å². The Morgan fingerprint density at radius 1 is 1.29 bits per heavy atom. The number of rotatable bonds is 4. The SMILES string of the molecule is O=CCc1cc(C(=O)O)cc(C2CCCC2)c1. The first-order valence-corrected chi connectivity index (χ1v) is 6.01. The molecule has 3 nitrogen and oxygen atoms in total. The van der Waals surface area contributed by atoms with Crippen molar-refractivity contribution in [2.75, 3.05) is 0 Å². The highest BCUT2D eigenvalue weighted by molar-refractivity contribution is 5.88. The molecule has 1 fully saturated rings. The highest BCUT2D eigenvalue weighted by Crippen LogP contribution is 2.34. The molecule has 1 N–H and O–H groups in total. The second-order valence-corrected chi connectivity index (χ2v) is 4.62. The molecule has 1 aliphatic carbocycles. The zero-order chi connectivity index (χ0) is 12.3. The first-order valence-electron chi connectivity index (χ1n) is 6.01. The average molecular weight is 232 g/mol. The Labute approximate surface area is 100 Å². The second-order valence-electron chi connectivity index (χ2n) is 4.62. The maximum absolute atomic E-state index is 11.0. The van der Waals surface area contributed by atoms with Crippen LogP contribution < -0.4 is 0 Å². The summed E-state index contributed by atoms with van der Waals surface area (Å²) in [5.41, 5.74) is 2.19. The molecule has 1 aliphatic rings. The van der Waals surface area contributed by atoms with Crippen molar-refractivity contribution in [1.82, 2.24) is 0 Å². The Balaban J connectivity index is 2.35. The molecule has 0 radical (unpaired) electrons. The Morgan fingerprint density at radius 2 is 2.00 bits per heavy atom. The fraction of sp³-hybridized carbons (Fsp3) is 0.429. The van der Waals surface area contributed by atoms with Gasteiger partial charge < -0.3 is 9.90 Å². The molecule has 1 aromatic carbocycles. The van der Waals surface area contributed by atoms with Crippen LogP contribution in [-0.2, 0) is 11.2 Å². The van der Waals surface area contributed by atoms with Gasteiger partial charge in [0.1, 0.15) is 6.29 Å². The molecule has 0 atom stereocenters. The van der Waals surface area contributed by atoms with E-state index in [0.717, 1.165) is 30.3 Å². The number of carbonyl (C=O) groups is 2. The molecule has 0 aliphatic heterocycles. The lowest BCUT2D eigenvalue weighted by molar-refractivity contribution is -0.107. The van der Waals surface area contributed by atoms with E-state index >= 15 is 0 Å². The van der Waals surface area contributed by atoms with Gasteiger partial charge in [-0.05, 0) is 42.0 Å². The second kappa shape index (κ2) is 5.13. The largest absolute Gasteiger partial charge is 0.478 e. The summed E-state index contributed by atoms with van der Waals surface area (Å²) in [4.78, 5) is 21.6. The predicted octanol–water partition coefficient (Wildman–Crippen LogP) is 2.78. The molecule has 1 aromatic rings. The van der Waals surface area contributed by atoms with Gasteiger partial charge in [-0.15, -0.1) is 0 Å². The number of benzene rings is 1. The van der Waals surface area contributed by atoms with E-state index in [1.807, 2.05) is 6.07 Å². The molecule has 0 saturated heterocycles. The number of aromatic carboxylic acids is 1. The minimum absolute atomic E-state index is 0.292. The zero-order valence-corrected chi connectivity index (χ0v) is 9.69. The third kappa shape index (κ3) is 2.73. The van der Waals surface area contributed by atoms with Crippen LogP contribution in [0.25, 0.3) is 0 Å². The smallest absolute Gasteiger partial charge is 0.335 e. The van der Waals surface area contributed by atoms with E-state index in [-0.39, 0.29) is 0 Å². The minimum Gasteiger partial charge on any atom is -0.478 e. The van der Waals surface area contributed by atoms with Crippen LogP contribution in [0, 0.1) is 0 Å². The van der Waals surface area contributed by atoms with Gasteiger partial charge >= 0.3 is 5.97 Å². The highest BCUT2D eigenvalue weighted by Gasteiger charge is 2.19. The molecule has 0 heterocycles. The number of hydrogen-bond acceptors (Lipinski definition) is 2. The summed E-state index contributed by atoms with van der Waals surface area (Å²) in [6.07, 6.45) is 5.80. The van der Waals surface area contributed by atoms with E-state index in [0.29, 0.717) is 17.9 Å². The Kier molecular flexibility index (Phi) is 3.57. The fourth-order valence-electron chi connectivity index (χ4n) is 2.55. The Bertz CT molecular complexity index is 431.